The van der Waals surface area contributed by atoms with Gasteiger partial charge in [0.2, 0.25) is 0 Å². The van der Waals surface area contributed by atoms with Crippen LogP contribution in [0.15, 0.2) is 0 Å². The zero-order valence-corrected chi connectivity index (χ0v) is 41.4. The predicted molar refractivity (Wildman–Crippen MR) is 246 cm³/mol. The summed E-state index contributed by atoms with van der Waals surface area (Å²) in [5, 5.41) is 0. The molecule has 50 heavy (non-hydrogen) atoms. The summed E-state index contributed by atoms with van der Waals surface area (Å²) in [5.41, 5.74) is 0. The Bertz CT molecular complexity index is 620. The first-order valence-electron chi connectivity index (χ1n) is 18.9. The molecule has 0 atom stereocenters. The van der Waals surface area contributed by atoms with Crippen molar-refractivity contribution in [3.63, 3.8) is 0 Å². The van der Waals surface area contributed by atoms with Crippen molar-refractivity contribution in [3.05, 3.63) is 0 Å². The van der Waals surface area contributed by atoms with E-state index in [1.54, 1.807) is 0 Å². The van der Waals surface area contributed by atoms with Gasteiger partial charge >= 0.3 is 23.2 Å². The Kier molecular flexibility index (Phi) is 60.1. The molecule has 0 aliphatic carbocycles. The Balaban J connectivity index is -0.000000177. The minimum absolute atomic E-state index is 0.636. The fourth-order valence-electron chi connectivity index (χ4n) is 3.97. The van der Waals surface area contributed by atoms with Gasteiger partial charge in [-0.3, -0.25) is 0 Å². The van der Waals surface area contributed by atoms with Crippen LogP contribution in [0.2, 0.25) is 0 Å². The number of hydrogen-bond acceptors (Lipinski definition) is 9. The molecule has 0 aliphatic heterocycles. The molecule has 0 aromatic carbocycles. The number of unbranched alkanes of at least 4 members (excludes halogenated alkanes) is 8. The topological polar surface area (TPSA) is 30.0 Å². The van der Waals surface area contributed by atoms with Gasteiger partial charge in [0, 0.05) is 52.4 Å². The average molecular weight is 929 g/mol. The van der Waals surface area contributed by atoms with Gasteiger partial charge in [-0.15, -0.1) is 0 Å². The first-order chi connectivity index (χ1) is 23.9. The first kappa shape index (κ1) is 60.2. The van der Waals surface area contributed by atoms with Gasteiger partial charge in [0.05, 0.1) is 0 Å². The van der Waals surface area contributed by atoms with Crippen molar-refractivity contribution in [2.45, 2.75) is 158 Å². The molecule has 0 N–H and O–H groups in total. The van der Waals surface area contributed by atoms with Crippen LogP contribution in [-0.2, 0) is 73.7 Å². The van der Waals surface area contributed by atoms with Gasteiger partial charge in [-0.25, -0.2) is 0 Å². The van der Waals surface area contributed by atoms with E-state index in [4.69, 9.17) is 103 Å². The monoisotopic (exact) mass is 930 g/mol. The van der Waals surface area contributed by atoms with E-state index in [1.165, 1.54) is 103 Å². The second-order valence-corrected chi connectivity index (χ2v) is 16.0. The van der Waals surface area contributed by atoms with Gasteiger partial charge < -0.3 is 119 Å². The Labute approximate surface area is 366 Å². The van der Waals surface area contributed by atoms with Crippen LogP contribution in [0.3, 0.4) is 0 Å². The number of thiocarbonyl (C=S) groups is 4. The number of nitrogens with zero attached hydrogens (tertiary/aromatic N) is 4. The van der Waals surface area contributed by atoms with Crippen LogP contribution in [0.1, 0.15) is 158 Å². The average Bonchev–Trinajstić information content (AvgIpc) is 3.09. The van der Waals surface area contributed by atoms with Gasteiger partial charge in [0.25, 0.3) is 0 Å². The van der Waals surface area contributed by atoms with Crippen molar-refractivity contribution in [2.75, 3.05) is 52.4 Å². The Morgan fingerprint density at radius 2 is 0.440 bits per heavy atom. The second kappa shape index (κ2) is 49.9. The van der Waals surface area contributed by atoms with E-state index in [1.807, 2.05) is 0 Å². The van der Waals surface area contributed by atoms with Crippen LogP contribution in [0, 0.1) is 0 Å². The van der Waals surface area contributed by atoms with Crippen molar-refractivity contribution in [1.82, 2.24) is 19.6 Å². The van der Waals surface area contributed by atoms with Crippen molar-refractivity contribution < 1.29 is 23.2 Å². The molecule has 0 aromatic rings. The van der Waals surface area contributed by atoms with E-state index < -0.39 is 0 Å². The summed E-state index contributed by atoms with van der Waals surface area (Å²) in [6.07, 6.45) is 19.2. The molecule has 0 heterocycles. The second-order valence-electron chi connectivity index (χ2n) is 11.8. The van der Waals surface area contributed by atoms with Crippen LogP contribution >= 0.6 is 48.9 Å². The van der Waals surface area contributed by atoms with Crippen LogP contribution in [0.5, 0.6) is 0 Å². The molecule has 0 rings (SSSR count). The Morgan fingerprint density at radius 1 is 0.340 bits per heavy atom. The van der Waals surface area contributed by atoms with E-state index in [2.05, 4.69) is 75.0 Å². The fraction of sp³-hybridized carbons (Fsp3) is 0.889. The molecule has 14 heteroatoms. The van der Waals surface area contributed by atoms with Gasteiger partial charge in [-0.05, 0) is 51.4 Å². The minimum atomic E-state index is 0.636. The van der Waals surface area contributed by atoms with Crippen LogP contribution in [0.4, 0.5) is 0 Å². The third-order valence-electron chi connectivity index (χ3n) is 7.29. The van der Waals surface area contributed by atoms with Gasteiger partial charge in [0.1, 0.15) is 0 Å². The molecule has 0 unspecified atom stereocenters. The Morgan fingerprint density at radius 3 is 0.500 bits per heavy atom. The van der Waals surface area contributed by atoms with Crippen molar-refractivity contribution >= 4 is 117 Å². The van der Waals surface area contributed by atoms with E-state index >= 15 is 0 Å². The molecule has 296 valence electrons. The summed E-state index contributed by atoms with van der Waals surface area (Å²) in [6.45, 7) is 25.8. The molecule has 0 spiro atoms. The zero-order valence-electron chi connectivity index (χ0n) is 32.8. The van der Waals surface area contributed by atoms with Gasteiger partial charge in [0.15, 0.2) is 0 Å². The van der Waals surface area contributed by atoms with Crippen LogP contribution in [0.25, 0.3) is 0 Å². The SMILES string of the molecule is CCCCN(CCCC)C(=S)[S-].CCCCN(CCCC)C(=S)[S-].CCCCN(CCCC)C(=S)[S-].CCCCN(CCCC)C(=S)[S-].[O]=[Mo+4]. The fourth-order valence-corrected chi connectivity index (χ4v) is 5.43. The summed E-state index contributed by atoms with van der Waals surface area (Å²) in [5.74, 6) is 0. The third-order valence-corrected chi connectivity index (χ3v) is 9.35. The van der Waals surface area contributed by atoms with Crippen LogP contribution < -0.4 is 0 Å². The quantitative estimate of drug-likeness (QED) is 0.0524. The maximum atomic E-state index is 8.26. The first-order valence-corrected chi connectivity index (χ1v) is 23.0. The molecule has 0 radical (unpaired) electrons. The van der Waals surface area contributed by atoms with Gasteiger partial charge in [-0.2, -0.15) is 0 Å². The molecule has 0 aromatic heterocycles. The predicted octanol–water partition coefficient (Wildman–Crippen LogP) is 10.8. The zero-order chi connectivity index (χ0) is 39.6. The number of rotatable bonds is 24. The summed E-state index contributed by atoms with van der Waals surface area (Å²) in [4.78, 5) is 8.55. The summed E-state index contributed by atoms with van der Waals surface area (Å²) < 4.78 is 10.8. The molecule has 0 saturated carbocycles. The molecule has 0 amide bonds. The third kappa shape index (κ3) is 46.9. The van der Waals surface area contributed by atoms with E-state index in [0.29, 0.717) is 37.1 Å². The molecule has 0 bridgehead atoms. The molecule has 5 nitrogen and oxygen atoms in total. The van der Waals surface area contributed by atoms with Crippen molar-refractivity contribution in [2.24, 2.45) is 0 Å². The molecular weight excluding hydrogens is 857 g/mol. The summed E-state index contributed by atoms with van der Waals surface area (Å²) in [7, 11) is 0. The Hall–Kier alpha value is 0.928. The van der Waals surface area contributed by atoms with E-state index in [-0.39, 0.29) is 0 Å². The summed E-state index contributed by atoms with van der Waals surface area (Å²) >= 11 is 40.6. The molecule has 0 saturated heterocycles. The van der Waals surface area contributed by atoms with Crippen molar-refractivity contribution in [1.29, 1.82) is 0 Å². The normalized spacial score (nSPS) is 9.56. The number of hydrogen-bond donors (Lipinski definition) is 0. The summed E-state index contributed by atoms with van der Waals surface area (Å²) in [6, 6.07) is 0. The van der Waals surface area contributed by atoms with Gasteiger partial charge in [-0.1, -0.05) is 124 Å². The standard InChI is InChI=1S/4C9H19NS2.Mo.O/c4*1-3-5-7-10(9(11)12)8-6-4-2;;/h4*3-8H2,1-2H3,(H,11,12);;/q;;;;+4;/p-4. The molecule has 0 aliphatic rings. The molecular formula is C36H72MoN4OS8. The van der Waals surface area contributed by atoms with Crippen molar-refractivity contribution in [3.8, 4) is 0 Å². The van der Waals surface area contributed by atoms with E-state index in [9.17, 15) is 0 Å². The van der Waals surface area contributed by atoms with Crippen LogP contribution in [-0.4, -0.2) is 89.2 Å². The molecule has 0 fully saturated rings. The maximum absolute atomic E-state index is 8.26. The van der Waals surface area contributed by atoms with E-state index in [0.717, 1.165) is 52.4 Å².